The van der Waals surface area contributed by atoms with Gasteiger partial charge in [-0.1, -0.05) is 30.3 Å². The van der Waals surface area contributed by atoms with Crippen LogP contribution in [0.15, 0.2) is 59.7 Å². The van der Waals surface area contributed by atoms with Gasteiger partial charge in [-0.25, -0.2) is 9.61 Å². The van der Waals surface area contributed by atoms with Gasteiger partial charge in [0.2, 0.25) is 0 Å². The van der Waals surface area contributed by atoms with Crippen molar-refractivity contribution in [1.29, 1.82) is 0 Å². The largest absolute Gasteiger partial charge is 0.430 e. The number of hydrogen-bond donors (Lipinski definition) is 3. The number of aromatic amines is 1. The number of alkyl halides is 6. The maximum atomic E-state index is 13.0. The Morgan fingerprint density at radius 2 is 1.66 bits per heavy atom. The first kappa shape index (κ1) is 28.3. The highest BCUT2D eigenvalue weighted by Gasteiger charge is 2.68. The molecule has 3 N–H and O–H groups in total. The predicted molar refractivity (Wildman–Crippen MR) is 136 cm³/mol. The monoisotopic (exact) mass is 579 g/mol. The first-order chi connectivity index (χ1) is 19.3. The molecule has 3 aromatic heterocycles. The lowest BCUT2D eigenvalue weighted by Crippen LogP contribution is -2.55. The van der Waals surface area contributed by atoms with Crippen LogP contribution in [0.25, 0.3) is 22.4 Å². The number of hydrogen-bond acceptors (Lipinski definition) is 5. The van der Waals surface area contributed by atoms with Gasteiger partial charge in [0.1, 0.15) is 0 Å². The van der Waals surface area contributed by atoms with E-state index in [1.54, 1.807) is 12.1 Å². The lowest BCUT2D eigenvalue weighted by molar-refractivity contribution is -0.347. The Bertz CT molecular complexity index is 1670. The maximum absolute atomic E-state index is 13.0. The van der Waals surface area contributed by atoms with E-state index < -0.39 is 23.9 Å². The summed E-state index contributed by atoms with van der Waals surface area (Å²) < 4.78 is 78.7. The second kappa shape index (κ2) is 10.3. The van der Waals surface area contributed by atoms with Crippen LogP contribution >= 0.6 is 0 Å². The highest BCUT2D eigenvalue weighted by Crippen LogP contribution is 2.44. The summed E-state index contributed by atoms with van der Waals surface area (Å²) in [7, 11) is 0. The SMILES string of the molecule is O=C(NC1CCC(c2n[nH]c(=O)c3ccccc23)CC1)c1cnn2cc(/C=C/C(O)(C(F)(F)F)C(F)(F)F)ccc12. The molecule has 0 atom stereocenters. The van der Waals surface area contributed by atoms with E-state index in [1.165, 1.54) is 18.3 Å². The molecule has 0 radical (unpaired) electrons. The van der Waals surface area contributed by atoms with Gasteiger partial charge in [-0.3, -0.25) is 9.59 Å². The Kier molecular flexibility index (Phi) is 7.14. The van der Waals surface area contributed by atoms with E-state index in [0.29, 0.717) is 29.8 Å². The number of pyridine rings is 1. The van der Waals surface area contributed by atoms with Crippen LogP contribution in [-0.2, 0) is 0 Å². The maximum Gasteiger partial charge on any atom is 0.430 e. The quantitative estimate of drug-likeness (QED) is 0.292. The zero-order valence-electron chi connectivity index (χ0n) is 21.1. The normalized spacial score (nSPS) is 18.8. The lowest BCUT2D eigenvalue weighted by atomic mass is 9.82. The van der Waals surface area contributed by atoms with E-state index >= 15 is 0 Å². The number of carbonyl (C=O) groups excluding carboxylic acids is 1. The van der Waals surface area contributed by atoms with Crippen molar-refractivity contribution < 1.29 is 36.2 Å². The number of benzene rings is 1. The number of amides is 1. The van der Waals surface area contributed by atoms with Crippen LogP contribution in [0.3, 0.4) is 0 Å². The Labute approximate surface area is 227 Å². The average molecular weight is 580 g/mol. The fourth-order valence-electron chi connectivity index (χ4n) is 5.06. The van der Waals surface area contributed by atoms with Crippen molar-refractivity contribution in [2.75, 3.05) is 0 Å². The molecule has 0 spiro atoms. The zero-order chi connectivity index (χ0) is 29.6. The summed E-state index contributed by atoms with van der Waals surface area (Å²) in [5, 5.41) is 24.5. The zero-order valence-corrected chi connectivity index (χ0v) is 21.1. The second-order valence-corrected chi connectivity index (χ2v) is 9.95. The molecule has 1 saturated carbocycles. The molecule has 1 aromatic carbocycles. The van der Waals surface area contributed by atoms with Crippen LogP contribution in [-0.4, -0.2) is 54.8 Å². The topological polar surface area (TPSA) is 112 Å². The number of nitrogens with one attached hydrogen (secondary N) is 2. The molecule has 0 unspecified atom stereocenters. The minimum absolute atomic E-state index is 0.0979. The molecule has 3 heterocycles. The van der Waals surface area contributed by atoms with E-state index in [-0.39, 0.29) is 34.7 Å². The minimum Gasteiger partial charge on any atom is -0.370 e. The molecule has 1 aliphatic rings. The number of halogens is 6. The van der Waals surface area contributed by atoms with Gasteiger partial charge in [-0.05, 0) is 49.5 Å². The predicted octanol–water partition coefficient (Wildman–Crippen LogP) is 4.90. The third-order valence-corrected chi connectivity index (χ3v) is 7.34. The Balaban J connectivity index is 1.26. The highest BCUT2D eigenvalue weighted by atomic mass is 19.4. The molecular weight excluding hydrogens is 556 g/mol. The van der Waals surface area contributed by atoms with E-state index in [1.807, 2.05) is 12.1 Å². The molecule has 14 heteroatoms. The van der Waals surface area contributed by atoms with Gasteiger partial charge < -0.3 is 10.4 Å². The average Bonchev–Trinajstić information content (AvgIpc) is 3.35. The fourth-order valence-corrected chi connectivity index (χ4v) is 5.06. The van der Waals surface area contributed by atoms with E-state index in [4.69, 9.17) is 0 Å². The van der Waals surface area contributed by atoms with E-state index in [9.17, 15) is 41.0 Å². The summed E-state index contributed by atoms with van der Waals surface area (Å²) >= 11 is 0. The summed E-state index contributed by atoms with van der Waals surface area (Å²) in [4.78, 5) is 25.1. The molecule has 1 aliphatic carbocycles. The standard InChI is InChI=1S/C27H23F6N5O3/c28-26(29,30)25(41,27(31,32)33)12-11-15-5-10-21-20(13-34-38(21)14-15)23(39)35-17-8-6-16(7-9-17)22-18-3-1-2-4-19(18)24(40)37-36-22/h1-5,10-14,16-17,41H,6-9H2,(H,35,39)(H,37,40)/b12-11+. The number of nitrogens with zero attached hydrogens (tertiary/aromatic N) is 3. The Morgan fingerprint density at radius 1 is 1.00 bits per heavy atom. The molecule has 1 fully saturated rings. The molecule has 1 amide bonds. The third kappa shape index (κ3) is 5.31. The molecule has 0 bridgehead atoms. The first-order valence-corrected chi connectivity index (χ1v) is 12.6. The highest BCUT2D eigenvalue weighted by molar-refractivity contribution is 6.00. The van der Waals surface area contributed by atoms with Gasteiger partial charge in [0.15, 0.2) is 0 Å². The minimum atomic E-state index is -5.98. The Morgan fingerprint density at radius 3 is 2.32 bits per heavy atom. The van der Waals surface area contributed by atoms with E-state index in [0.717, 1.165) is 34.6 Å². The molecule has 216 valence electrons. The van der Waals surface area contributed by atoms with E-state index in [2.05, 4.69) is 20.6 Å². The van der Waals surface area contributed by atoms with Crippen molar-refractivity contribution in [2.24, 2.45) is 0 Å². The summed E-state index contributed by atoms with van der Waals surface area (Å²) in [6.07, 6.45) is -6.69. The van der Waals surface area contributed by atoms with Crippen molar-refractivity contribution in [3.63, 3.8) is 0 Å². The van der Waals surface area contributed by atoms with Crippen molar-refractivity contribution in [1.82, 2.24) is 25.1 Å². The summed E-state index contributed by atoms with van der Waals surface area (Å²) in [5.41, 5.74) is -4.12. The van der Waals surface area contributed by atoms with Crippen molar-refractivity contribution in [3.8, 4) is 0 Å². The van der Waals surface area contributed by atoms with Crippen LogP contribution in [0.4, 0.5) is 26.3 Å². The number of aromatic nitrogens is 4. The molecule has 41 heavy (non-hydrogen) atoms. The number of carbonyl (C=O) groups is 1. The van der Waals surface area contributed by atoms with Crippen molar-refractivity contribution >= 4 is 28.3 Å². The molecule has 5 rings (SSSR count). The number of rotatable bonds is 5. The smallest absolute Gasteiger partial charge is 0.370 e. The van der Waals surface area contributed by atoms with Crippen molar-refractivity contribution in [2.45, 2.75) is 55.6 Å². The van der Waals surface area contributed by atoms with Crippen LogP contribution in [0.2, 0.25) is 0 Å². The van der Waals surface area contributed by atoms with Crippen LogP contribution in [0.1, 0.15) is 53.2 Å². The van der Waals surface area contributed by atoms with Gasteiger partial charge in [-0.2, -0.15) is 36.5 Å². The fraction of sp³-hybridized carbons (Fsp3) is 0.333. The van der Waals surface area contributed by atoms with Crippen molar-refractivity contribution in [3.05, 3.63) is 82.0 Å². The van der Waals surface area contributed by atoms with Gasteiger partial charge >= 0.3 is 12.4 Å². The lowest BCUT2D eigenvalue weighted by Gasteiger charge is -2.29. The van der Waals surface area contributed by atoms with Gasteiger partial charge in [0.25, 0.3) is 17.1 Å². The second-order valence-electron chi connectivity index (χ2n) is 9.95. The summed E-state index contributed by atoms with van der Waals surface area (Å²) in [6.45, 7) is 0. The first-order valence-electron chi connectivity index (χ1n) is 12.6. The van der Waals surface area contributed by atoms with Crippen LogP contribution < -0.4 is 10.9 Å². The van der Waals surface area contributed by atoms with Crippen LogP contribution in [0.5, 0.6) is 0 Å². The Hall–Kier alpha value is -4.20. The molecule has 0 aliphatic heterocycles. The molecule has 4 aromatic rings. The van der Waals surface area contributed by atoms with Gasteiger partial charge in [-0.15, -0.1) is 0 Å². The number of fused-ring (bicyclic) bond motifs is 2. The van der Waals surface area contributed by atoms with Gasteiger partial charge in [0.05, 0.1) is 28.4 Å². The summed E-state index contributed by atoms with van der Waals surface area (Å²) in [6, 6.07) is 9.64. The number of aliphatic hydroxyl groups is 1. The number of H-pyrrole nitrogens is 1. The van der Waals surface area contributed by atoms with Gasteiger partial charge in [0, 0.05) is 23.5 Å². The third-order valence-electron chi connectivity index (χ3n) is 7.34. The summed E-state index contributed by atoms with van der Waals surface area (Å²) in [5.74, 6) is -0.330. The molecule has 0 saturated heterocycles. The van der Waals surface area contributed by atoms with Crippen LogP contribution in [0, 0.1) is 0 Å². The molecular formula is C27H23F6N5O3. The molecule has 8 nitrogen and oxygen atoms in total.